The Morgan fingerprint density at radius 1 is 1.14 bits per heavy atom. The van der Waals surface area contributed by atoms with E-state index in [9.17, 15) is 5.11 Å². The zero-order valence-electron chi connectivity index (χ0n) is 11.5. The summed E-state index contributed by atoms with van der Waals surface area (Å²) in [5.74, 6) is 1.21. The fourth-order valence-electron chi connectivity index (χ4n) is 2.20. The van der Waals surface area contributed by atoms with E-state index >= 15 is 0 Å². The molecule has 0 unspecified atom stereocenters. The topological polar surface area (TPSA) is 42.4 Å². The second kappa shape index (κ2) is 5.84. The summed E-state index contributed by atoms with van der Waals surface area (Å²) in [6.45, 7) is 1.96. The molecular weight excluding hydrogens is 330 g/mol. The van der Waals surface area contributed by atoms with Crippen molar-refractivity contribution in [1.82, 2.24) is 4.98 Å². The van der Waals surface area contributed by atoms with E-state index in [-0.39, 0.29) is 6.61 Å². The van der Waals surface area contributed by atoms with Crippen LogP contribution < -0.4 is 4.74 Å². The number of rotatable bonds is 3. The highest BCUT2D eigenvalue weighted by atomic mass is 79.9. The zero-order chi connectivity index (χ0) is 14.8. The van der Waals surface area contributed by atoms with Crippen molar-refractivity contribution < 1.29 is 9.84 Å². The summed E-state index contributed by atoms with van der Waals surface area (Å²) in [7, 11) is 0. The largest absolute Gasteiger partial charge is 0.439 e. The Labute approximate surface area is 131 Å². The fraction of sp³-hybridized carbons (Fsp3) is 0.118. The molecular formula is C17H14BrNO2. The van der Waals surface area contributed by atoms with Gasteiger partial charge in [-0.1, -0.05) is 34.1 Å². The minimum Gasteiger partial charge on any atom is -0.439 e. The number of hydrogen-bond acceptors (Lipinski definition) is 3. The quantitative estimate of drug-likeness (QED) is 0.756. The third-order valence-corrected chi connectivity index (χ3v) is 4.19. The third-order valence-electron chi connectivity index (χ3n) is 3.30. The number of ether oxygens (including phenoxy) is 1. The van der Waals surface area contributed by atoms with E-state index in [1.807, 2.05) is 49.4 Å². The van der Waals surface area contributed by atoms with E-state index < -0.39 is 0 Å². The van der Waals surface area contributed by atoms with Crippen molar-refractivity contribution >= 4 is 26.8 Å². The van der Waals surface area contributed by atoms with Crippen LogP contribution in [-0.4, -0.2) is 10.1 Å². The number of hydrogen-bond donors (Lipinski definition) is 1. The Bertz CT molecular complexity index is 802. The Balaban J connectivity index is 2.02. The first-order valence-corrected chi connectivity index (χ1v) is 7.40. The van der Waals surface area contributed by atoms with E-state index in [0.717, 1.165) is 32.3 Å². The third kappa shape index (κ3) is 2.91. The highest BCUT2D eigenvalue weighted by Gasteiger charge is 2.07. The van der Waals surface area contributed by atoms with E-state index in [4.69, 9.17) is 4.74 Å². The van der Waals surface area contributed by atoms with Crippen LogP contribution in [0.1, 0.15) is 11.1 Å². The molecule has 0 spiro atoms. The smallest absolute Gasteiger partial charge is 0.220 e. The summed E-state index contributed by atoms with van der Waals surface area (Å²) in [5, 5.41) is 10.5. The fourth-order valence-corrected chi connectivity index (χ4v) is 2.45. The first-order valence-electron chi connectivity index (χ1n) is 6.61. The summed E-state index contributed by atoms with van der Waals surface area (Å²) in [6, 6.07) is 15.3. The van der Waals surface area contributed by atoms with Gasteiger partial charge in [-0.3, -0.25) is 0 Å². The van der Waals surface area contributed by atoms with Gasteiger partial charge in [-0.25, -0.2) is 4.98 Å². The molecule has 0 saturated heterocycles. The highest BCUT2D eigenvalue weighted by molar-refractivity contribution is 9.10. The second-order valence-electron chi connectivity index (χ2n) is 4.81. The van der Waals surface area contributed by atoms with Crippen molar-refractivity contribution in [2.45, 2.75) is 13.5 Å². The van der Waals surface area contributed by atoms with E-state index in [0.29, 0.717) is 5.88 Å². The maximum Gasteiger partial charge on any atom is 0.220 e. The van der Waals surface area contributed by atoms with Crippen LogP contribution in [0.2, 0.25) is 0 Å². The number of pyridine rings is 1. The number of benzene rings is 2. The number of aliphatic hydroxyl groups is 1. The summed E-state index contributed by atoms with van der Waals surface area (Å²) < 4.78 is 6.86. The molecule has 0 aliphatic rings. The first kappa shape index (κ1) is 14.0. The molecule has 0 atom stereocenters. The molecule has 0 aliphatic carbocycles. The van der Waals surface area contributed by atoms with Gasteiger partial charge in [0.1, 0.15) is 5.75 Å². The van der Waals surface area contributed by atoms with Crippen LogP contribution in [0.15, 0.2) is 53.0 Å². The van der Waals surface area contributed by atoms with Crippen LogP contribution in [0.3, 0.4) is 0 Å². The molecule has 0 bridgehead atoms. The van der Waals surface area contributed by atoms with Gasteiger partial charge >= 0.3 is 0 Å². The molecule has 106 valence electrons. The van der Waals surface area contributed by atoms with Crippen LogP contribution in [0.4, 0.5) is 0 Å². The van der Waals surface area contributed by atoms with Crippen molar-refractivity contribution in [3.05, 3.63) is 64.1 Å². The average molecular weight is 344 g/mol. The molecule has 0 aliphatic heterocycles. The predicted molar refractivity (Wildman–Crippen MR) is 86.6 cm³/mol. The average Bonchev–Trinajstić information content (AvgIpc) is 2.50. The Kier molecular flexibility index (Phi) is 3.90. The Hall–Kier alpha value is -1.91. The van der Waals surface area contributed by atoms with Gasteiger partial charge in [0, 0.05) is 15.9 Å². The summed E-state index contributed by atoms with van der Waals surface area (Å²) in [5.41, 5.74) is 2.72. The van der Waals surface area contributed by atoms with Crippen LogP contribution in [0.25, 0.3) is 10.9 Å². The lowest BCUT2D eigenvalue weighted by Crippen LogP contribution is -1.94. The number of aliphatic hydroxyl groups excluding tert-OH is 1. The number of fused-ring (bicyclic) bond motifs is 1. The summed E-state index contributed by atoms with van der Waals surface area (Å²) in [4.78, 5) is 4.49. The minimum atomic E-state index is -0.0429. The number of aromatic nitrogens is 1. The van der Waals surface area contributed by atoms with Gasteiger partial charge in [-0.05, 0) is 42.3 Å². The number of halogens is 1. The zero-order valence-corrected chi connectivity index (χ0v) is 13.1. The molecule has 1 N–H and O–H groups in total. The van der Waals surface area contributed by atoms with Crippen molar-refractivity contribution in [3.63, 3.8) is 0 Å². The van der Waals surface area contributed by atoms with Crippen molar-refractivity contribution in [1.29, 1.82) is 0 Å². The molecule has 0 saturated carbocycles. The molecule has 1 aromatic heterocycles. The summed E-state index contributed by atoms with van der Waals surface area (Å²) >= 11 is 3.47. The Morgan fingerprint density at radius 2 is 1.95 bits per heavy atom. The van der Waals surface area contributed by atoms with Crippen molar-refractivity contribution in [3.8, 4) is 11.6 Å². The molecule has 3 rings (SSSR count). The normalized spacial score (nSPS) is 10.8. The van der Waals surface area contributed by atoms with Gasteiger partial charge < -0.3 is 9.84 Å². The maximum atomic E-state index is 9.52. The minimum absolute atomic E-state index is 0.0429. The molecule has 4 heteroatoms. The number of para-hydroxylation sites is 1. The van der Waals surface area contributed by atoms with Crippen molar-refractivity contribution in [2.75, 3.05) is 0 Å². The monoisotopic (exact) mass is 343 g/mol. The predicted octanol–water partition coefficient (Wildman–Crippen LogP) is 4.59. The van der Waals surface area contributed by atoms with Gasteiger partial charge in [0.25, 0.3) is 0 Å². The standard InChI is InChI=1S/C17H14BrNO2/c1-11-8-13(6-7-15(11)18)21-17-9-12(10-20)14-4-2-3-5-16(14)19-17/h2-9,20H,10H2,1H3. The van der Waals surface area contributed by atoms with E-state index in [1.54, 1.807) is 6.07 Å². The van der Waals surface area contributed by atoms with Gasteiger partial charge in [0.2, 0.25) is 5.88 Å². The van der Waals surface area contributed by atoms with Gasteiger partial charge in [0.05, 0.1) is 12.1 Å². The number of aryl methyl sites for hydroxylation is 1. The maximum absolute atomic E-state index is 9.52. The lowest BCUT2D eigenvalue weighted by atomic mass is 10.1. The van der Waals surface area contributed by atoms with Gasteiger partial charge in [0.15, 0.2) is 0 Å². The SMILES string of the molecule is Cc1cc(Oc2cc(CO)c3ccccc3n2)ccc1Br. The lowest BCUT2D eigenvalue weighted by Gasteiger charge is -2.10. The molecule has 2 aromatic carbocycles. The van der Waals surface area contributed by atoms with Gasteiger partial charge in [-0.15, -0.1) is 0 Å². The Morgan fingerprint density at radius 3 is 2.71 bits per heavy atom. The molecule has 0 fully saturated rings. The van der Waals surface area contributed by atoms with Gasteiger partial charge in [-0.2, -0.15) is 0 Å². The van der Waals surface area contributed by atoms with Crippen LogP contribution in [0.5, 0.6) is 11.6 Å². The molecule has 0 radical (unpaired) electrons. The summed E-state index contributed by atoms with van der Waals surface area (Å²) in [6.07, 6.45) is 0. The van der Waals surface area contributed by atoms with E-state index in [2.05, 4.69) is 20.9 Å². The van der Waals surface area contributed by atoms with Crippen LogP contribution in [0, 0.1) is 6.92 Å². The van der Waals surface area contributed by atoms with Crippen molar-refractivity contribution in [2.24, 2.45) is 0 Å². The lowest BCUT2D eigenvalue weighted by molar-refractivity contribution is 0.282. The molecule has 1 heterocycles. The molecule has 21 heavy (non-hydrogen) atoms. The second-order valence-corrected chi connectivity index (χ2v) is 5.66. The molecule has 0 amide bonds. The number of nitrogens with zero attached hydrogens (tertiary/aromatic N) is 1. The molecule has 3 nitrogen and oxygen atoms in total. The molecule has 3 aromatic rings. The van der Waals surface area contributed by atoms with Crippen LogP contribution >= 0.6 is 15.9 Å². The first-order chi connectivity index (χ1) is 10.2. The highest BCUT2D eigenvalue weighted by Crippen LogP contribution is 2.28. The van der Waals surface area contributed by atoms with E-state index in [1.165, 1.54) is 0 Å². The van der Waals surface area contributed by atoms with Crippen LogP contribution in [-0.2, 0) is 6.61 Å².